The summed E-state index contributed by atoms with van der Waals surface area (Å²) >= 11 is 2.37. The monoisotopic (exact) mass is 445 g/mol. The van der Waals surface area contributed by atoms with Crippen LogP contribution in [0.5, 0.6) is 0 Å². The minimum absolute atomic E-state index is 0.0549. The normalized spacial score (nSPS) is 18.4. The van der Waals surface area contributed by atoms with Gasteiger partial charge < -0.3 is 9.84 Å². The lowest BCUT2D eigenvalue weighted by atomic mass is 9.95. The fourth-order valence-corrected chi connectivity index (χ4v) is 6.41. The molecule has 1 aliphatic heterocycles. The quantitative estimate of drug-likeness (QED) is 0.555. The van der Waals surface area contributed by atoms with E-state index in [1.54, 1.807) is 18.2 Å². The number of aromatic carboxylic acids is 1. The van der Waals surface area contributed by atoms with Gasteiger partial charge in [0.15, 0.2) is 0 Å². The predicted molar refractivity (Wildman–Crippen MR) is 112 cm³/mol. The number of rotatable bonds is 5. The van der Waals surface area contributed by atoms with E-state index in [-0.39, 0.29) is 12.0 Å². The Labute approximate surface area is 181 Å². The van der Waals surface area contributed by atoms with Gasteiger partial charge in [-0.15, -0.1) is 23.1 Å². The third-order valence-corrected chi connectivity index (χ3v) is 7.78. The van der Waals surface area contributed by atoms with Gasteiger partial charge in [0.25, 0.3) is 0 Å². The van der Waals surface area contributed by atoms with Crippen molar-refractivity contribution in [2.24, 2.45) is 0 Å². The van der Waals surface area contributed by atoms with Crippen molar-refractivity contribution >= 4 is 51.9 Å². The number of carboxylic acids is 1. The Kier molecular flexibility index (Phi) is 5.66. The van der Waals surface area contributed by atoms with E-state index in [0.29, 0.717) is 15.5 Å². The van der Waals surface area contributed by atoms with E-state index in [9.17, 15) is 24.3 Å². The number of amides is 2. The summed E-state index contributed by atoms with van der Waals surface area (Å²) < 4.78 is 4.94. The minimum atomic E-state index is -1.09. The molecule has 2 aromatic rings. The van der Waals surface area contributed by atoms with Crippen molar-refractivity contribution in [2.75, 3.05) is 12.0 Å². The van der Waals surface area contributed by atoms with E-state index in [4.69, 9.17) is 4.74 Å². The Morgan fingerprint density at radius 2 is 1.93 bits per heavy atom. The Morgan fingerprint density at radius 3 is 2.67 bits per heavy atom. The fraction of sp³-hybridized carbons (Fsp3) is 0.333. The first-order chi connectivity index (χ1) is 14.4. The number of fused-ring (bicyclic) bond motifs is 1. The molecule has 9 heteroatoms. The van der Waals surface area contributed by atoms with Gasteiger partial charge in [0.2, 0.25) is 11.8 Å². The Hall–Kier alpha value is -2.65. The van der Waals surface area contributed by atoms with Gasteiger partial charge in [0, 0.05) is 16.2 Å². The van der Waals surface area contributed by atoms with E-state index < -0.39 is 29.0 Å². The Morgan fingerprint density at radius 1 is 1.20 bits per heavy atom. The number of hydrogen-bond donors (Lipinski definition) is 1. The van der Waals surface area contributed by atoms with Crippen LogP contribution in [0.4, 0.5) is 5.00 Å². The van der Waals surface area contributed by atoms with Crippen LogP contribution < -0.4 is 4.90 Å². The molecule has 30 heavy (non-hydrogen) atoms. The predicted octanol–water partition coefficient (Wildman–Crippen LogP) is 3.54. The maximum absolute atomic E-state index is 13.2. The number of imide groups is 1. The van der Waals surface area contributed by atoms with E-state index in [0.717, 1.165) is 52.8 Å². The molecule has 1 fully saturated rings. The van der Waals surface area contributed by atoms with Gasteiger partial charge in [-0.05, 0) is 43.4 Å². The van der Waals surface area contributed by atoms with E-state index in [1.807, 2.05) is 0 Å². The average molecular weight is 446 g/mol. The molecular formula is C21H19NO6S2. The number of thioether (sulfide) groups is 1. The number of carbonyl (C=O) groups excluding carboxylic acids is 3. The molecule has 1 N–H and O–H groups in total. The van der Waals surface area contributed by atoms with Crippen molar-refractivity contribution in [3.8, 4) is 0 Å². The molecule has 0 spiro atoms. The summed E-state index contributed by atoms with van der Waals surface area (Å²) in [4.78, 5) is 52.5. The first kappa shape index (κ1) is 20.6. The highest BCUT2D eigenvalue weighted by molar-refractivity contribution is 8.00. The molecule has 2 aliphatic rings. The number of esters is 1. The van der Waals surface area contributed by atoms with Crippen LogP contribution in [0.25, 0.3) is 0 Å². The number of anilines is 1. The lowest BCUT2D eigenvalue weighted by Gasteiger charge is -2.16. The van der Waals surface area contributed by atoms with Gasteiger partial charge in [-0.1, -0.05) is 12.1 Å². The van der Waals surface area contributed by atoms with E-state index in [1.165, 1.54) is 24.5 Å². The van der Waals surface area contributed by atoms with Crippen LogP contribution in [0.15, 0.2) is 29.2 Å². The molecular weight excluding hydrogens is 426 g/mol. The topological polar surface area (TPSA) is 101 Å². The SMILES string of the molecule is COC(=O)c1c(N2C(=O)C[C@@H](Sc3ccccc3C(=O)O)C2=O)sc2c1CCCC2. The zero-order valence-corrected chi connectivity index (χ0v) is 17.8. The fourth-order valence-electron chi connectivity index (χ4n) is 3.83. The van der Waals surface area contributed by atoms with Crippen LogP contribution in [0, 0.1) is 0 Å². The summed E-state index contributed by atoms with van der Waals surface area (Å²) in [5.74, 6) is -2.47. The second-order valence-corrected chi connectivity index (χ2v) is 9.39. The van der Waals surface area contributed by atoms with Crippen LogP contribution in [0.1, 0.15) is 50.4 Å². The Balaban J connectivity index is 1.68. The van der Waals surface area contributed by atoms with Crippen molar-refractivity contribution in [3.63, 3.8) is 0 Å². The molecule has 7 nitrogen and oxygen atoms in total. The maximum Gasteiger partial charge on any atom is 0.341 e. The second-order valence-electron chi connectivity index (χ2n) is 7.06. The van der Waals surface area contributed by atoms with E-state index >= 15 is 0 Å². The van der Waals surface area contributed by atoms with Gasteiger partial charge in [0.1, 0.15) is 5.00 Å². The third-order valence-electron chi connectivity index (χ3n) is 5.24. The molecule has 0 saturated carbocycles. The van der Waals surface area contributed by atoms with Crippen LogP contribution in [-0.2, 0) is 27.2 Å². The molecule has 1 atom stereocenters. The first-order valence-corrected chi connectivity index (χ1v) is 11.2. The van der Waals surface area contributed by atoms with Gasteiger partial charge >= 0.3 is 11.9 Å². The highest BCUT2D eigenvalue weighted by Crippen LogP contribution is 2.44. The molecule has 4 rings (SSSR count). The van der Waals surface area contributed by atoms with Gasteiger partial charge in [-0.2, -0.15) is 0 Å². The molecule has 2 amide bonds. The number of hydrogen-bond acceptors (Lipinski definition) is 7. The Bertz CT molecular complexity index is 1060. The average Bonchev–Trinajstić information content (AvgIpc) is 3.24. The number of thiophene rings is 1. The highest BCUT2D eigenvalue weighted by Gasteiger charge is 2.44. The smallest absolute Gasteiger partial charge is 0.341 e. The zero-order valence-electron chi connectivity index (χ0n) is 16.2. The maximum atomic E-state index is 13.2. The van der Waals surface area contributed by atoms with Crippen LogP contribution >= 0.6 is 23.1 Å². The van der Waals surface area contributed by atoms with Gasteiger partial charge in [0.05, 0.1) is 23.5 Å². The summed E-state index contributed by atoms with van der Waals surface area (Å²) in [6.45, 7) is 0. The number of ether oxygens (including phenoxy) is 1. The summed E-state index contributed by atoms with van der Waals surface area (Å²) in [7, 11) is 1.29. The first-order valence-electron chi connectivity index (χ1n) is 9.51. The van der Waals surface area contributed by atoms with Crippen molar-refractivity contribution in [3.05, 3.63) is 45.8 Å². The van der Waals surface area contributed by atoms with Crippen LogP contribution in [0.3, 0.4) is 0 Å². The van der Waals surface area contributed by atoms with Gasteiger partial charge in [-0.25, -0.2) is 14.5 Å². The highest BCUT2D eigenvalue weighted by atomic mass is 32.2. The van der Waals surface area contributed by atoms with Crippen molar-refractivity contribution in [2.45, 2.75) is 42.2 Å². The van der Waals surface area contributed by atoms with Crippen LogP contribution in [0.2, 0.25) is 0 Å². The molecule has 1 saturated heterocycles. The lowest BCUT2D eigenvalue weighted by molar-refractivity contribution is -0.121. The summed E-state index contributed by atoms with van der Waals surface area (Å²) in [5.41, 5.74) is 1.28. The molecule has 2 heterocycles. The molecule has 0 unspecified atom stereocenters. The molecule has 1 aliphatic carbocycles. The molecule has 1 aromatic carbocycles. The largest absolute Gasteiger partial charge is 0.478 e. The molecule has 1 aromatic heterocycles. The minimum Gasteiger partial charge on any atom is -0.478 e. The summed E-state index contributed by atoms with van der Waals surface area (Å²) in [6, 6.07) is 6.39. The third kappa shape index (κ3) is 3.52. The number of nitrogens with zero attached hydrogens (tertiary/aromatic N) is 1. The number of aryl methyl sites for hydroxylation is 1. The summed E-state index contributed by atoms with van der Waals surface area (Å²) in [5, 5.41) is 8.96. The second kappa shape index (κ2) is 8.23. The molecule has 156 valence electrons. The standard InChI is InChI=1S/C21H19NO6S2/c1-28-21(27)17-11-6-2-4-8-13(11)30-19(17)22-16(23)10-15(18(22)24)29-14-9-5-3-7-12(14)20(25)26/h3,5,7,9,15H,2,4,6,8,10H2,1H3,(H,25,26)/t15-/m1/s1. The summed E-state index contributed by atoms with van der Waals surface area (Å²) in [6.07, 6.45) is 3.42. The lowest BCUT2D eigenvalue weighted by Crippen LogP contribution is -2.31. The zero-order chi connectivity index (χ0) is 21.4. The van der Waals surface area contributed by atoms with Crippen molar-refractivity contribution < 1.29 is 29.0 Å². The van der Waals surface area contributed by atoms with Gasteiger partial charge in [-0.3, -0.25) is 9.59 Å². The molecule has 0 radical (unpaired) electrons. The number of methoxy groups -OCH3 is 1. The van der Waals surface area contributed by atoms with Crippen LogP contribution in [-0.4, -0.2) is 41.2 Å². The van der Waals surface area contributed by atoms with E-state index in [2.05, 4.69) is 0 Å². The van der Waals surface area contributed by atoms with Crippen molar-refractivity contribution in [1.82, 2.24) is 0 Å². The number of benzene rings is 1. The van der Waals surface area contributed by atoms with Crippen molar-refractivity contribution in [1.29, 1.82) is 0 Å². The molecule has 0 bridgehead atoms. The number of carboxylic acid groups (broad SMARTS) is 1. The number of carbonyl (C=O) groups is 4.